The lowest BCUT2D eigenvalue weighted by molar-refractivity contribution is 0.245. The summed E-state index contributed by atoms with van der Waals surface area (Å²) >= 11 is 0. The fraction of sp³-hybridized carbons (Fsp3) is 0.400. The van der Waals surface area contributed by atoms with Crippen LogP contribution in [0.5, 0.6) is 5.75 Å². The van der Waals surface area contributed by atoms with Crippen molar-refractivity contribution in [3.05, 3.63) is 71.9 Å². The SMILES string of the molecule is CN=C(NCc1ccc(-n2ccnc2C)nc1)NCC(c1cccc(OC)c1)N1CCCC1. The number of hydrogen-bond acceptors (Lipinski definition) is 5. The van der Waals surface area contributed by atoms with Crippen LogP contribution in [0.25, 0.3) is 5.82 Å². The number of hydrogen-bond donors (Lipinski definition) is 2. The van der Waals surface area contributed by atoms with Crippen LogP contribution in [0, 0.1) is 6.92 Å². The largest absolute Gasteiger partial charge is 0.497 e. The average Bonchev–Trinajstić information content (AvgIpc) is 3.54. The van der Waals surface area contributed by atoms with Gasteiger partial charge in [-0.15, -0.1) is 0 Å². The molecular weight excluding hydrogens is 414 g/mol. The highest BCUT2D eigenvalue weighted by atomic mass is 16.5. The second-order valence-corrected chi connectivity index (χ2v) is 8.21. The van der Waals surface area contributed by atoms with Crippen LogP contribution in [0.15, 0.2) is 60.0 Å². The Labute approximate surface area is 195 Å². The van der Waals surface area contributed by atoms with E-state index in [1.165, 1.54) is 18.4 Å². The van der Waals surface area contributed by atoms with Gasteiger partial charge in [0.1, 0.15) is 17.4 Å². The van der Waals surface area contributed by atoms with Crippen LogP contribution >= 0.6 is 0 Å². The fourth-order valence-corrected chi connectivity index (χ4v) is 4.24. The maximum absolute atomic E-state index is 5.45. The lowest BCUT2D eigenvalue weighted by atomic mass is 10.1. The van der Waals surface area contributed by atoms with Gasteiger partial charge in [0.05, 0.1) is 13.2 Å². The van der Waals surface area contributed by atoms with E-state index in [1.807, 2.05) is 36.0 Å². The lowest BCUT2D eigenvalue weighted by Crippen LogP contribution is -2.42. The van der Waals surface area contributed by atoms with E-state index in [-0.39, 0.29) is 6.04 Å². The molecule has 33 heavy (non-hydrogen) atoms. The molecule has 1 aromatic carbocycles. The molecule has 8 heteroatoms. The Hall–Kier alpha value is -3.39. The summed E-state index contributed by atoms with van der Waals surface area (Å²) in [5, 5.41) is 6.93. The Morgan fingerprint density at radius 3 is 2.67 bits per heavy atom. The van der Waals surface area contributed by atoms with E-state index in [9.17, 15) is 0 Å². The van der Waals surface area contributed by atoms with Gasteiger partial charge >= 0.3 is 0 Å². The molecule has 3 aromatic rings. The van der Waals surface area contributed by atoms with E-state index in [4.69, 9.17) is 4.74 Å². The van der Waals surface area contributed by atoms with E-state index in [0.717, 1.165) is 48.5 Å². The first-order valence-corrected chi connectivity index (χ1v) is 11.5. The third-order valence-electron chi connectivity index (χ3n) is 6.09. The zero-order valence-electron chi connectivity index (χ0n) is 19.7. The Morgan fingerprint density at radius 1 is 1.15 bits per heavy atom. The molecule has 1 saturated heterocycles. The fourth-order valence-electron chi connectivity index (χ4n) is 4.24. The molecule has 0 radical (unpaired) electrons. The standard InChI is InChI=1S/C25H33N7O/c1-19-27-11-14-32(19)24-10-9-20(16-28-24)17-29-25(26-2)30-18-23(31-12-4-5-13-31)21-7-6-8-22(15-21)33-3/h6-11,14-16,23H,4-5,12-13,17-18H2,1-3H3,(H2,26,29,30). The third kappa shape index (κ3) is 5.70. The molecular formula is C25H33N7O. The molecule has 0 amide bonds. The van der Waals surface area contributed by atoms with Crippen LogP contribution in [0.3, 0.4) is 0 Å². The van der Waals surface area contributed by atoms with Gasteiger partial charge in [0, 0.05) is 38.7 Å². The summed E-state index contributed by atoms with van der Waals surface area (Å²) in [6, 6.07) is 12.7. The van der Waals surface area contributed by atoms with Gasteiger partial charge in [-0.1, -0.05) is 18.2 Å². The number of aryl methyl sites for hydroxylation is 1. The second-order valence-electron chi connectivity index (χ2n) is 8.21. The van der Waals surface area contributed by atoms with Crippen molar-refractivity contribution in [2.45, 2.75) is 32.4 Å². The molecule has 0 spiro atoms. The van der Waals surface area contributed by atoms with E-state index in [1.54, 1.807) is 20.4 Å². The molecule has 174 valence electrons. The summed E-state index contributed by atoms with van der Waals surface area (Å²) in [6.07, 6.45) is 8.08. The van der Waals surface area contributed by atoms with Crippen LogP contribution < -0.4 is 15.4 Å². The molecule has 1 aliphatic heterocycles. The summed E-state index contributed by atoms with van der Waals surface area (Å²) in [4.78, 5) is 15.8. The molecule has 1 fully saturated rings. The molecule has 8 nitrogen and oxygen atoms in total. The Balaban J connectivity index is 1.36. The van der Waals surface area contributed by atoms with E-state index >= 15 is 0 Å². The van der Waals surface area contributed by atoms with Crippen molar-refractivity contribution in [2.75, 3.05) is 33.8 Å². The summed E-state index contributed by atoms with van der Waals surface area (Å²) in [6.45, 7) is 5.61. The lowest BCUT2D eigenvalue weighted by Gasteiger charge is -2.29. The maximum Gasteiger partial charge on any atom is 0.191 e. The number of nitrogens with one attached hydrogen (secondary N) is 2. The van der Waals surface area contributed by atoms with E-state index < -0.39 is 0 Å². The first kappa shape index (κ1) is 22.8. The molecule has 2 N–H and O–H groups in total. The molecule has 4 rings (SSSR count). The molecule has 1 unspecified atom stereocenters. The summed E-state index contributed by atoms with van der Waals surface area (Å²) in [5.41, 5.74) is 2.34. The van der Waals surface area contributed by atoms with Gasteiger partial charge in [-0.3, -0.25) is 14.5 Å². The van der Waals surface area contributed by atoms with Crippen LogP contribution in [0.2, 0.25) is 0 Å². The van der Waals surface area contributed by atoms with Crippen molar-refractivity contribution in [3.8, 4) is 11.6 Å². The average molecular weight is 448 g/mol. The number of nitrogens with zero attached hydrogens (tertiary/aromatic N) is 5. The normalized spacial score (nSPS) is 15.4. The number of ether oxygens (including phenoxy) is 1. The van der Waals surface area contributed by atoms with Crippen LogP contribution in [-0.2, 0) is 6.54 Å². The van der Waals surface area contributed by atoms with Gasteiger partial charge in [-0.2, -0.15) is 0 Å². The summed E-state index contributed by atoms with van der Waals surface area (Å²) in [5.74, 6) is 3.45. The number of imidazole rings is 1. The van der Waals surface area contributed by atoms with Gasteiger partial charge in [-0.05, 0) is 62.2 Å². The smallest absolute Gasteiger partial charge is 0.191 e. The molecule has 3 heterocycles. The van der Waals surface area contributed by atoms with Crippen LogP contribution in [-0.4, -0.2) is 59.2 Å². The van der Waals surface area contributed by atoms with Crippen molar-refractivity contribution >= 4 is 5.96 Å². The number of methoxy groups -OCH3 is 1. The number of likely N-dealkylation sites (tertiary alicyclic amines) is 1. The number of aliphatic imine (C=N–C) groups is 1. The van der Waals surface area contributed by atoms with E-state index in [2.05, 4.69) is 54.8 Å². The minimum Gasteiger partial charge on any atom is -0.497 e. The van der Waals surface area contributed by atoms with Crippen molar-refractivity contribution in [1.29, 1.82) is 0 Å². The first-order chi connectivity index (χ1) is 16.2. The zero-order valence-corrected chi connectivity index (χ0v) is 19.7. The van der Waals surface area contributed by atoms with Crippen LogP contribution in [0.4, 0.5) is 0 Å². The Morgan fingerprint density at radius 2 is 2.00 bits per heavy atom. The summed E-state index contributed by atoms with van der Waals surface area (Å²) < 4.78 is 7.42. The van der Waals surface area contributed by atoms with Gasteiger partial charge in [0.25, 0.3) is 0 Å². The van der Waals surface area contributed by atoms with Crippen molar-refractivity contribution in [1.82, 2.24) is 30.1 Å². The van der Waals surface area contributed by atoms with Gasteiger partial charge in [-0.25, -0.2) is 9.97 Å². The summed E-state index contributed by atoms with van der Waals surface area (Å²) in [7, 11) is 3.51. The monoisotopic (exact) mass is 447 g/mol. The van der Waals surface area contributed by atoms with Crippen molar-refractivity contribution in [2.24, 2.45) is 4.99 Å². The van der Waals surface area contributed by atoms with Gasteiger partial charge < -0.3 is 15.4 Å². The predicted octanol–water partition coefficient (Wildman–Crippen LogP) is 3.09. The third-order valence-corrected chi connectivity index (χ3v) is 6.09. The van der Waals surface area contributed by atoms with Gasteiger partial charge in [0.15, 0.2) is 5.96 Å². The topological polar surface area (TPSA) is 79.6 Å². The second kappa shape index (κ2) is 11.0. The van der Waals surface area contributed by atoms with E-state index in [0.29, 0.717) is 6.54 Å². The highest BCUT2D eigenvalue weighted by Gasteiger charge is 2.24. The maximum atomic E-state index is 5.45. The highest BCUT2D eigenvalue weighted by molar-refractivity contribution is 5.79. The highest BCUT2D eigenvalue weighted by Crippen LogP contribution is 2.27. The zero-order chi connectivity index (χ0) is 23.0. The predicted molar refractivity (Wildman–Crippen MR) is 131 cm³/mol. The minimum absolute atomic E-state index is 0.264. The quantitative estimate of drug-likeness (QED) is 0.408. The molecule has 0 bridgehead atoms. The number of aromatic nitrogens is 3. The minimum atomic E-state index is 0.264. The van der Waals surface area contributed by atoms with Gasteiger partial charge in [0.2, 0.25) is 0 Å². The number of guanidine groups is 1. The molecule has 1 atom stereocenters. The van der Waals surface area contributed by atoms with Crippen molar-refractivity contribution < 1.29 is 4.74 Å². The van der Waals surface area contributed by atoms with Crippen molar-refractivity contribution in [3.63, 3.8) is 0 Å². The molecule has 0 saturated carbocycles. The number of pyridine rings is 1. The van der Waals surface area contributed by atoms with Crippen LogP contribution in [0.1, 0.15) is 35.8 Å². The number of rotatable bonds is 8. The first-order valence-electron chi connectivity index (χ1n) is 11.5. The Kier molecular flexibility index (Phi) is 7.57. The number of benzene rings is 1. The molecule has 1 aliphatic rings. The molecule has 0 aliphatic carbocycles. The Bertz CT molecular complexity index is 1050. The molecule has 2 aromatic heterocycles.